The Labute approximate surface area is 154 Å². The normalized spacial score (nSPS) is 13.7. The van der Waals surface area contributed by atoms with Crippen molar-refractivity contribution in [1.82, 2.24) is 5.32 Å². The summed E-state index contributed by atoms with van der Waals surface area (Å²) in [6.07, 6.45) is 3.80. The van der Waals surface area contributed by atoms with E-state index in [1.807, 2.05) is 24.3 Å². The van der Waals surface area contributed by atoms with Crippen molar-refractivity contribution in [2.45, 2.75) is 19.3 Å². The van der Waals surface area contributed by atoms with Crippen molar-refractivity contribution < 1.29 is 29.5 Å². The molecule has 2 rings (SSSR count). The fourth-order valence-corrected chi connectivity index (χ4v) is 3.04. The first-order chi connectivity index (χ1) is 11.4. The van der Waals surface area contributed by atoms with E-state index < -0.39 is 11.9 Å². The van der Waals surface area contributed by atoms with Crippen LogP contribution in [0.5, 0.6) is 0 Å². The van der Waals surface area contributed by atoms with Crippen molar-refractivity contribution in [3.05, 3.63) is 33.4 Å². The molecule has 1 saturated heterocycles. The highest BCUT2D eigenvalue weighted by Gasteiger charge is 2.14. The van der Waals surface area contributed by atoms with E-state index in [-0.39, 0.29) is 5.91 Å². The van der Waals surface area contributed by atoms with Gasteiger partial charge in [-0.2, -0.15) is 0 Å². The zero-order chi connectivity index (χ0) is 17.9. The SMILES string of the molecule is O=C(NCCC[NH+]1CCCC1)c1ccccc1I.O=C([O-])C(=O)O. The first-order valence-electron chi connectivity index (χ1n) is 7.72. The molecule has 24 heavy (non-hydrogen) atoms. The second kappa shape index (κ2) is 11.0. The minimum atomic E-state index is -2.07. The van der Waals surface area contributed by atoms with E-state index in [0.717, 1.165) is 22.1 Å². The summed E-state index contributed by atoms with van der Waals surface area (Å²) in [5.41, 5.74) is 0.784. The number of hydrogen-bond acceptors (Lipinski definition) is 4. The maximum absolute atomic E-state index is 11.9. The van der Waals surface area contributed by atoms with E-state index in [2.05, 4.69) is 27.9 Å². The first-order valence-corrected chi connectivity index (χ1v) is 8.80. The number of nitrogens with one attached hydrogen (secondary N) is 2. The molecule has 3 N–H and O–H groups in total. The summed E-state index contributed by atoms with van der Waals surface area (Å²) in [7, 11) is 0. The van der Waals surface area contributed by atoms with Crippen LogP contribution in [0.1, 0.15) is 29.6 Å². The van der Waals surface area contributed by atoms with E-state index in [9.17, 15) is 4.79 Å². The van der Waals surface area contributed by atoms with E-state index in [4.69, 9.17) is 19.8 Å². The van der Waals surface area contributed by atoms with Crippen LogP contribution in [0.4, 0.5) is 0 Å². The highest BCUT2D eigenvalue weighted by atomic mass is 127. The van der Waals surface area contributed by atoms with Gasteiger partial charge in [0.25, 0.3) is 5.91 Å². The zero-order valence-corrected chi connectivity index (χ0v) is 15.4. The lowest BCUT2D eigenvalue weighted by molar-refractivity contribution is -0.887. The molecule has 0 atom stereocenters. The summed E-state index contributed by atoms with van der Waals surface area (Å²) >= 11 is 2.20. The number of halogens is 1. The average molecular weight is 448 g/mol. The Morgan fingerprint density at radius 2 is 1.79 bits per heavy atom. The number of rotatable bonds is 5. The molecule has 1 aromatic carbocycles. The van der Waals surface area contributed by atoms with Gasteiger partial charge in [0, 0.05) is 29.4 Å². The van der Waals surface area contributed by atoms with Crippen molar-refractivity contribution in [2.24, 2.45) is 0 Å². The van der Waals surface area contributed by atoms with Crippen LogP contribution < -0.4 is 15.3 Å². The molecule has 1 heterocycles. The molecule has 0 saturated carbocycles. The predicted octanol–water partition coefficient (Wildman–Crippen LogP) is -1.09. The predicted molar refractivity (Wildman–Crippen MR) is 93.5 cm³/mol. The van der Waals surface area contributed by atoms with Crippen LogP contribution in [-0.2, 0) is 9.59 Å². The highest BCUT2D eigenvalue weighted by Crippen LogP contribution is 2.10. The van der Waals surface area contributed by atoms with Gasteiger partial charge in [-0.3, -0.25) is 4.79 Å². The molecule has 8 heteroatoms. The highest BCUT2D eigenvalue weighted by molar-refractivity contribution is 14.1. The number of benzene rings is 1. The number of carboxylic acid groups (broad SMARTS) is 2. The monoisotopic (exact) mass is 448 g/mol. The van der Waals surface area contributed by atoms with Crippen molar-refractivity contribution in [1.29, 1.82) is 0 Å². The summed E-state index contributed by atoms with van der Waals surface area (Å²) in [6, 6.07) is 7.70. The number of carbonyl (C=O) groups is 3. The summed E-state index contributed by atoms with van der Waals surface area (Å²) in [6.45, 7) is 4.59. The van der Waals surface area contributed by atoms with E-state index in [1.165, 1.54) is 32.5 Å². The molecule has 1 aromatic rings. The summed E-state index contributed by atoms with van der Waals surface area (Å²) < 4.78 is 1.01. The summed E-state index contributed by atoms with van der Waals surface area (Å²) in [5.74, 6) is -3.96. The Morgan fingerprint density at radius 3 is 2.33 bits per heavy atom. The Hall–Kier alpha value is -1.68. The molecular formula is C16H21IN2O5. The van der Waals surface area contributed by atoms with E-state index in [1.54, 1.807) is 4.90 Å². The molecule has 1 amide bonds. The van der Waals surface area contributed by atoms with Gasteiger partial charge in [-0.25, -0.2) is 4.79 Å². The minimum absolute atomic E-state index is 0.0522. The standard InChI is InChI=1S/C14H19IN2O.C2H2O4/c15-13-7-2-1-6-12(13)14(18)16-8-5-11-17-9-3-4-10-17;3-1(4)2(5)6/h1-2,6-7H,3-5,8-11H2,(H,16,18);(H,3,4)(H,5,6). The van der Waals surface area contributed by atoms with Crippen LogP contribution >= 0.6 is 22.6 Å². The molecule has 7 nitrogen and oxygen atoms in total. The van der Waals surface area contributed by atoms with Gasteiger partial charge < -0.3 is 25.2 Å². The molecule has 0 bridgehead atoms. The third-order valence-electron chi connectivity index (χ3n) is 3.60. The Kier molecular flexibility index (Phi) is 9.31. The van der Waals surface area contributed by atoms with E-state index in [0.29, 0.717) is 0 Å². The molecular weight excluding hydrogens is 427 g/mol. The molecule has 0 radical (unpaired) electrons. The van der Waals surface area contributed by atoms with Crippen molar-refractivity contribution >= 4 is 40.4 Å². The van der Waals surface area contributed by atoms with Crippen LogP contribution in [-0.4, -0.2) is 49.1 Å². The number of amides is 1. The Bertz CT molecular complexity index is 561. The smallest absolute Gasteiger partial charge is 0.351 e. The van der Waals surface area contributed by atoms with Crippen molar-refractivity contribution in [3.8, 4) is 0 Å². The lowest BCUT2D eigenvalue weighted by Gasteiger charge is -2.12. The molecule has 0 aromatic heterocycles. The van der Waals surface area contributed by atoms with Gasteiger partial charge in [-0.15, -0.1) is 0 Å². The number of carbonyl (C=O) groups excluding carboxylic acids is 2. The topological polar surface area (TPSA) is 111 Å². The van der Waals surface area contributed by atoms with Crippen LogP contribution in [0.15, 0.2) is 24.3 Å². The van der Waals surface area contributed by atoms with E-state index >= 15 is 0 Å². The fourth-order valence-electron chi connectivity index (χ4n) is 2.41. The fraction of sp³-hybridized carbons (Fsp3) is 0.438. The lowest BCUT2D eigenvalue weighted by Crippen LogP contribution is -3.10. The van der Waals surface area contributed by atoms with Crippen LogP contribution in [0.3, 0.4) is 0 Å². The lowest BCUT2D eigenvalue weighted by atomic mass is 10.2. The molecule has 0 unspecified atom stereocenters. The van der Waals surface area contributed by atoms with Crippen LogP contribution in [0.25, 0.3) is 0 Å². The summed E-state index contributed by atoms with van der Waals surface area (Å²) in [5, 5.41) is 19.3. The molecule has 0 spiro atoms. The number of hydrogen-bond donors (Lipinski definition) is 3. The van der Waals surface area contributed by atoms with Gasteiger partial charge >= 0.3 is 5.97 Å². The van der Waals surface area contributed by atoms with Crippen LogP contribution in [0.2, 0.25) is 0 Å². The summed E-state index contributed by atoms with van der Waals surface area (Å²) in [4.78, 5) is 31.7. The minimum Gasteiger partial charge on any atom is -0.539 e. The Balaban J connectivity index is 0.000000413. The molecule has 0 aliphatic carbocycles. The maximum atomic E-state index is 11.9. The van der Waals surface area contributed by atoms with Crippen molar-refractivity contribution in [2.75, 3.05) is 26.2 Å². The second-order valence-corrected chi connectivity index (χ2v) is 6.55. The Morgan fingerprint density at radius 1 is 1.21 bits per heavy atom. The first kappa shape index (κ1) is 20.4. The number of quaternary nitrogens is 1. The third-order valence-corrected chi connectivity index (χ3v) is 4.54. The largest absolute Gasteiger partial charge is 0.539 e. The van der Waals surface area contributed by atoms with Gasteiger partial charge in [-0.05, 0) is 34.7 Å². The molecule has 1 aliphatic rings. The number of likely N-dealkylation sites (tertiary alicyclic amines) is 1. The average Bonchev–Trinajstić information content (AvgIpc) is 3.05. The third kappa shape index (κ3) is 7.73. The number of carboxylic acids is 2. The van der Waals surface area contributed by atoms with Gasteiger partial charge in [0.1, 0.15) is 0 Å². The quantitative estimate of drug-likeness (QED) is 0.301. The molecule has 132 valence electrons. The van der Waals surface area contributed by atoms with Gasteiger partial charge in [-0.1, -0.05) is 12.1 Å². The second-order valence-electron chi connectivity index (χ2n) is 5.39. The number of aliphatic carboxylic acids is 2. The van der Waals surface area contributed by atoms with Crippen molar-refractivity contribution in [3.63, 3.8) is 0 Å². The van der Waals surface area contributed by atoms with Gasteiger partial charge in [0.2, 0.25) is 0 Å². The van der Waals surface area contributed by atoms with Gasteiger partial charge in [0.05, 0.1) is 25.2 Å². The molecule has 1 aliphatic heterocycles. The molecule has 1 fully saturated rings. The maximum Gasteiger partial charge on any atom is 0.351 e. The zero-order valence-electron chi connectivity index (χ0n) is 13.2. The van der Waals surface area contributed by atoms with Gasteiger partial charge in [0.15, 0.2) is 5.97 Å². The van der Waals surface area contributed by atoms with Crippen LogP contribution in [0, 0.1) is 3.57 Å².